The molecule has 0 aliphatic carbocycles. The fourth-order valence-corrected chi connectivity index (χ4v) is 3.05. The molecule has 0 heterocycles. The molecule has 136 valence electrons. The van der Waals surface area contributed by atoms with Crippen molar-refractivity contribution >= 4 is 11.6 Å². The second-order valence-electron chi connectivity index (χ2n) is 6.41. The molecule has 3 aromatic carbocycles. The third kappa shape index (κ3) is 4.03. The molecule has 3 aromatic rings. The number of nitro benzene ring substituents is 1. The minimum Gasteiger partial charge on any atom is -0.345 e. The van der Waals surface area contributed by atoms with E-state index in [0.717, 1.165) is 16.7 Å². The number of nitrogens with one attached hydrogen (secondary N) is 1. The van der Waals surface area contributed by atoms with Gasteiger partial charge in [-0.25, -0.2) is 0 Å². The van der Waals surface area contributed by atoms with E-state index in [1.54, 1.807) is 19.1 Å². The zero-order chi connectivity index (χ0) is 19.4. The van der Waals surface area contributed by atoms with Gasteiger partial charge in [0.05, 0.1) is 11.0 Å². The van der Waals surface area contributed by atoms with Crippen molar-refractivity contribution in [1.82, 2.24) is 5.32 Å². The van der Waals surface area contributed by atoms with Gasteiger partial charge in [-0.3, -0.25) is 14.9 Å². The van der Waals surface area contributed by atoms with E-state index >= 15 is 0 Å². The third-order valence-corrected chi connectivity index (χ3v) is 4.54. The van der Waals surface area contributed by atoms with Crippen molar-refractivity contribution in [2.24, 2.45) is 0 Å². The van der Waals surface area contributed by atoms with Crippen molar-refractivity contribution < 1.29 is 9.72 Å². The number of aryl methyl sites for hydroxylation is 1. The smallest absolute Gasteiger partial charge is 0.282 e. The first kappa shape index (κ1) is 18.3. The zero-order valence-electron chi connectivity index (χ0n) is 15.2. The number of nitrogens with zero attached hydrogens (tertiary/aromatic N) is 1. The van der Waals surface area contributed by atoms with E-state index < -0.39 is 10.8 Å². The van der Waals surface area contributed by atoms with E-state index in [-0.39, 0.29) is 17.3 Å². The molecule has 0 bridgehead atoms. The van der Waals surface area contributed by atoms with E-state index in [2.05, 4.69) is 5.32 Å². The maximum Gasteiger partial charge on any atom is 0.282 e. The lowest BCUT2D eigenvalue weighted by Gasteiger charge is -2.16. The molecule has 0 saturated carbocycles. The maximum atomic E-state index is 12.6. The Hall–Kier alpha value is -3.47. The summed E-state index contributed by atoms with van der Waals surface area (Å²) in [6.07, 6.45) is 0. The van der Waals surface area contributed by atoms with Crippen LogP contribution in [0.4, 0.5) is 5.69 Å². The monoisotopic (exact) mass is 360 g/mol. The predicted molar refractivity (Wildman–Crippen MR) is 106 cm³/mol. The summed E-state index contributed by atoms with van der Waals surface area (Å²) < 4.78 is 0. The summed E-state index contributed by atoms with van der Waals surface area (Å²) in [6, 6.07) is 22.3. The number of amides is 1. The molecule has 0 aromatic heterocycles. The van der Waals surface area contributed by atoms with Gasteiger partial charge in [-0.05, 0) is 36.1 Å². The van der Waals surface area contributed by atoms with Gasteiger partial charge in [0, 0.05) is 6.07 Å². The Kier molecular flexibility index (Phi) is 5.31. The number of hydrogen-bond acceptors (Lipinski definition) is 3. The molecule has 5 nitrogen and oxygen atoms in total. The number of nitro groups is 1. The Morgan fingerprint density at radius 2 is 1.56 bits per heavy atom. The van der Waals surface area contributed by atoms with Gasteiger partial charge in [0.1, 0.15) is 5.56 Å². The highest BCUT2D eigenvalue weighted by Crippen LogP contribution is 2.24. The Bertz CT molecular complexity index is 967. The molecule has 0 spiro atoms. The Balaban J connectivity index is 1.79. The molecule has 1 atom stereocenters. The fourth-order valence-electron chi connectivity index (χ4n) is 3.05. The second-order valence-corrected chi connectivity index (χ2v) is 6.41. The molecule has 3 rings (SSSR count). The summed E-state index contributed by atoms with van der Waals surface area (Å²) >= 11 is 0. The van der Waals surface area contributed by atoms with Crippen LogP contribution >= 0.6 is 0 Å². The van der Waals surface area contributed by atoms with Crippen LogP contribution in [0.2, 0.25) is 0 Å². The van der Waals surface area contributed by atoms with Gasteiger partial charge in [0.15, 0.2) is 0 Å². The summed E-state index contributed by atoms with van der Waals surface area (Å²) in [5, 5.41) is 14.1. The van der Waals surface area contributed by atoms with Crippen LogP contribution in [0.3, 0.4) is 0 Å². The summed E-state index contributed by atoms with van der Waals surface area (Å²) in [5.41, 5.74) is 3.64. The largest absolute Gasteiger partial charge is 0.345 e. The lowest BCUT2D eigenvalue weighted by atomic mass is 10.0. The van der Waals surface area contributed by atoms with Gasteiger partial charge in [-0.15, -0.1) is 0 Å². The van der Waals surface area contributed by atoms with Crippen molar-refractivity contribution in [3.05, 3.63) is 99.6 Å². The first-order chi connectivity index (χ1) is 13.0. The normalized spacial score (nSPS) is 11.6. The van der Waals surface area contributed by atoms with Crippen molar-refractivity contribution in [2.75, 3.05) is 0 Å². The highest BCUT2D eigenvalue weighted by molar-refractivity contribution is 5.99. The highest BCUT2D eigenvalue weighted by atomic mass is 16.6. The van der Waals surface area contributed by atoms with E-state index in [0.29, 0.717) is 5.56 Å². The molecule has 0 aliphatic rings. The quantitative estimate of drug-likeness (QED) is 0.510. The van der Waals surface area contributed by atoms with Gasteiger partial charge >= 0.3 is 0 Å². The molecule has 0 saturated heterocycles. The summed E-state index contributed by atoms with van der Waals surface area (Å²) in [4.78, 5) is 23.4. The third-order valence-electron chi connectivity index (χ3n) is 4.54. The molecular formula is C22H20N2O3. The van der Waals surface area contributed by atoms with Gasteiger partial charge in [0.25, 0.3) is 11.6 Å². The molecule has 0 unspecified atom stereocenters. The average molecular weight is 360 g/mol. The molecule has 0 radical (unpaired) electrons. The topological polar surface area (TPSA) is 72.2 Å². The molecule has 1 N–H and O–H groups in total. The zero-order valence-corrected chi connectivity index (χ0v) is 15.2. The second kappa shape index (κ2) is 7.83. The van der Waals surface area contributed by atoms with E-state index in [4.69, 9.17) is 0 Å². The minimum atomic E-state index is -0.527. The lowest BCUT2D eigenvalue weighted by molar-refractivity contribution is -0.385. The van der Waals surface area contributed by atoms with Crippen LogP contribution in [0.25, 0.3) is 11.1 Å². The molecule has 5 heteroatoms. The van der Waals surface area contributed by atoms with Crippen LogP contribution in [0, 0.1) is 17.0 Å². The lowest BCUT2D eigenvalue weighted by Crippen LogP contribution is -2.28. The van der Waals surface area contributed by atoms with Gasteiger partial charge in [-0.1, -0.05) is 66.7 Å². The van der Waals surface area contributed by atoms with Crippen molar-refractivity contribution in [1.29, 1.82) is 0 Å². The van der Waals surface area contributed by atoms with Crippen LogP contribution in [0.5, 0.6) is 0 Å². The number of benzene rings is 3. The van der Waals surface area contributed by atoms with Crippen LogP contribution < -0.4 is 5.32 Å². The van der Waals surface area contributed by atoms with Gasteiger partial charge in [0.2, 0.25) is 0 Å². The summed E-state index contributed by atoms with van der Waals surface area (Å²) in [7, 11) is 0. The Labute approximate surface area is 157 Å². The van der Waals surface area contributed by atoms with Crippen LogP contribution in [-0.2, 0) is 0 Å². The fraction of sp³-hybridized carbons (Fsp3) is 0.136. The van der Waals surface area contributed by atoms with E-state index in [1.165, 1.54) is 6.07 Å². The predicted octanol–water partition coefficient (Wildman–Crippen LogP) is 5.06. The van der Waals surface area contributed by atoms with Crippen molar-refractivity contribution in [3.63, 3.8) is 0 Å². The van der Waals surface area contributed by atoms with Crippen molar-refractivity contribution in [3.8, 4) is 11.1 Å². The maximum absolute atomic E-state index is 12.6. The molecule has 27 heavy (non-hydrogen) atoms. The first-order valence-electron chi connectivity index (χ1n) is 8.67. The number of carbonyl (C=O) groups excluding carboxylic acids is 1. The van der Waals surface area contributed by atoms with Crippen LogP contribution in [0.15, 0.2) is 72.8 Å². The standard InChI is InChI=1S/C22H20N2O3/c1-15-7-6-10-20(24(26)27)21(15)22(25)23-16(2)17-11-13-19(14-12-17)18-8-4-3-5-9-18/h3-14,16H,1-2H3,(H,23,25)/t16-/m0/s1. The average Bonchev–Trinajstić information content (AvgIpc) is 2.68. The van der Waals surface area contributed by atoms with E-state index in [9.17, 15) is 14.9 Å². The number of carbonyl (C=O) groups is 1. The summed E-state index contributed by atoms with van der Waals surface area (Å²) in [6.45, 7) is 3.56. The highest BCUT2D eigenvalue weighted by Gasteiger charge is 2.23. The number of rotatable bonds is 5. The Morgan fingerprint density at radius 1 is 0.926 bits per heavy atom. The van der Waals surface area contributed by atoms with Gasteiger partial charge in [-0.2, -0.15) is 0 Å². The van der Waals surface area contributed by atoms with Crippen molar-refractivity contribution in [2.45, 2.75) is 19.9 Å². The van der Waals surface area contributed by atoms with Gasteiger partial charge < -0.3 is 5.32 Å². The molecule has 0 aliphatic heterocycles. The van der Waals surface area contributed by atoms with Crippen LogP contribution in [-0.4, -0.2) is 10.8 Å². The molecule has 0 fully saturated rings. The summed E-state index contributed by atoms with van der Waals surface area (Å²) in [5.74, 6) is -0.445. The molecule has 1 amide bonds. The number of hydrogen-bond donors (Lipinski definition) is 1. The molecular weight excluding hydrogens is 340 g/mol. The first-order valence-corrected chi connectivity index (χ1v) is 8.67. The minimum absolute atomic E-state index is 0.107. The SMILES string of the molecule is Cc1cccc([N+](=O)[O-])c1C(=O)N[C@@H](C)c1ccc(-c2ccccc2)cc1. The Morgan fingerprint density at radius 3 is 2.19 bits per heavy atom. The van der Waals surface area contributed by atoms with Crippen LogP contribution in [0.1, 0.15) is 34.5 Å². The van der Waals surface area contributed by atoms with E-state index in [1.807, 2.05) is 61.5 Å².